The summed E-state index contributed by atoms with van der Waals surface area (Å²) in [4.78, 5) is 42.7. The van der Waals surface area contributed by atoms with Crippen LogP contribution >= 0.6 is 11.3 Å². The number of amides is 3. The van der Waals surface area contributed by atoms with E-state index in [4.69, 9.17) is 4.74 Å². The number of fused-ring (bicyclic) bond motifs is 3. The van der Waals surface area contributed by atoms with Crippen LogP contribution in [0.5, 0.6) is 5.75 Å². The molecule has 5 rings (SSSR count). The number of benzene rings is 1. The van der Waals surface area contributed by atoms with Crippen molar-refractivity contribution in [1.29, 1.82) is 0 Å². The molecule has 3 aromatic rings. The fourth-order valence-corrected chi connectivity index (χ4v) is 6.00. The summed E-state index contributed by atoms with van der Waals surface area (Å²) in [5.41, 5.74) is 0.501. The van der Waals surface area contributed by atoms with E-state index < -0.39 is 5.54 Å². The maximum atomic E-state index is 14.2. The zero-order valence-electron chi connectivity index (χ0n) is 20.2. The lowest BCUT2D eigenvalue weighted by atomic mass is 9.93. The molecule has 184 valence electrons. The van der Waals surface area contributed by atoms with Gasteiger partial charge in [0.15, 0.2) is 0 Å². The van der Waals surface area contributed by atoms with Gasteiger partial charge in [-0.2, -0.15) is 0 Å². The number of hydrogen-bond donors (Lipinski definition) is 2. The van der Waals surface area contributed by atoms with Crippen LogP contribution in [0.2, 0.25) is 0 Å². The predicted octanol–water partition coefficient (Wildman–Crippen LogP) is 4.14. The molecule has 0 saturated heterocycles. The molecule has 1 aromatic carbocycles. The van der Waals surface area contributed by atoms with Crippen LogP contribution in [-0.4, -0.2) is 45.9 Å². The van der Waals surface area contributed by atoms with Crippen molar-refractivity contribution >= 4 is 45.6 Å². The molecule has 1 fully saturated rings. The fourth-order valence-electron chi connectivity index (χ4n) is 5.31. The lowest BCUT2D eigenvalue weighted by molar-refractivity contribution is -0.133. The SMILES string of the molecule is COc1ccc2c(c1)c(NC(C)=O)c1n2C[C@](C)(C(=O)NC2CCCC2)N(Cc2cccs2)C1=O. The third-order valence-electron chi connectivity index (χ3n) is 7.15. The van der Waals surface area contributed by atoms with Crippen LogP contribution in [0.15, 0.2) is 35.7 Å². The summed E-state index contributed by atoms with van der Waals surface area (Å²) in [5.74, 6) is -0.0752. The van der Waals surface area contributed by atoms with E-state index in [2.05, 4.69) is 10.6 Å². The molecule has 1 saturated carbocycles. The first-order valence-electron chi connectivity index (χ1n) is 11.9. The number of nitrogens with zero attached hydrogens (tertiary/aromatic N) is 2. The number of methoxy groups -OCH3 is 1. The van der Waals surface area contributed by atoms with Gasteiger partial charge in [0.25, 0.3) is 5.91 Å². The van der Waals surface area contributed by atoms with Gasteiger partial charge in [-0.1, -0.05) is 18.9 Å². The quantitative estimate of drug-likeness (QED) is 0.539. The Balaban J connectivity index is 1.66. The molecule has 0 bridgehead atoms. The number of carbonyl (C=O) groups is 3. The first kappa shape index (κ1) is 23.4. The molecule has 3 heterocycles. The number of ether oxygens (including phenoxy) is 1. The highest BCUT2D eigenvalue weighted by Gasteiger charge is 2.49. The van der Waals surface area contributed by atoms with Crippen molar-refractivity contribution in [3.63, 3.8) is 0 Å². The average Bonchev–Trinajstić information content (AvgIpc) is 3.58. The highest BCUT2D eigenvalue weighted by atomic mass is 32.1. The lowest BCUT2D eigenvalue weighted by Gasteiger charge is -2.44. The van der Waals surface area contributed by atoms with E-state index in [1.54, 1.807) is 23.3 Å². The molecule has 1 aliphatic carbocycles. The van der Waals surface area contributed by atoms with Crippen LogP contribution in [0.4, 0.5) is 5.69 Å². The van der Waals surface area contributed by atoms with Crippen LogP contribution in [0, 0.1) is 0 Å². The largest absolute Gasteiger partial charge is 0.497 e. The highest BCUT2D eigenvalue weighted by Crippen LogP contribution is 2.41. The van der Waals surface area contributed by atoms with E-state index >= 15 is 0 Å². The Morgan fingerprint density at radius 3 is 2.66 bits per heavy atom. The summed E-state index contributed by atoms with van der Waals surface area (Å²) in [6.45, 7) is 3.86. The second-order valence-electron chi connectivity index (χ2n) is 9.57. The summed E-state index contributed by atoms with van der Waals surface area (Å²) < 4.78 is 7.28. The molecule has 0 unspecified atom stereocenters. The van der Waals surface area contributed by atoms with Gasteiger partial charge < -0.3 is 24.8 Å². The number of anilines is 1. The first-order valence-corrected chi connectivity index (χ1v) is 12.8. The van der Waals surface area contributed by atoms with Gasteiger partial charge in [0.05, 0.1) is 31.4 Å². The predicted molar refractivity (Wildman–Crippen MR) is 136 cm³/mol. The minimum Gasteiger partial charge on any atom is -0.497 e. The number of carbonyl (C=O) groups excluding carboxylic acids is 3. The lowest BCUT2D eigenvalue weighted by Crippen LogP contribution is -2.64. The highest BCUT2D eigenvalue weighted by molar-refractivity contribution is 7.09. The van der Waals surface area contributed by atoms with Gasteiger partial charge in [-0.15, -0.1) is 11.3 Å². The van der Waals surface area contributed by atoms with Crippen LogP contribution in [-0.2, 0) is 22.7 Å². The van der Waals surface area contributed by atoms with Crippen LogP contribution < -0.4 is 15.4 Å². The van der Waals surface area contributed by atoms with E-state index in [-0.39, 0.29) is 30.3 Å². The van der Waals surface area contributed by atoms with Crippen molar-refractivity contribution in [1.82, 2.24) is 14.8 Å². The Morgan fingerprint density at radius 1 is 1.23 bits per heavy atom. The van der Waals surface area contributed by atoms with Crippen molar-refractivity contribution in [2.45, 2.75) is 64.2 Å². The molecule has 2 N–H and O–H groups in total. The summed E-state index contributed by atoms with van der Waals surface area (Å²) in [6, 6.07) is 9.57. The van der Waals surface area contributed by atoms with Gasteiger partial charge in [-0.25, -0.2) is 0 Å². The summed E-state index contributed by atoms with van der Waals surface area (Å²) in [7, 11) is 1.58. The Morgan fingerprint density at radius 2 is 2.00 bits per heavy atom. The normalized spacial score (nSPS) is 20.2. The third kappa shape index (κ3) is 4.07. The second kappa shape index (κ2) is 9.03. The Bertz CT molecular complexity index is 1290. The third-order valence-corrected chi connectivity index (χ3v) is 8.02. The van der Waals surface area contributed by atoms with E-state index in [1.165, 1.54) is 6.92 Å². The minimum absolute atomic E-state index is 0.139. The molecule has 2 aliphatic rings. The van der Waals surface area contributed by atoms with Crippen molar-refractivity contribution < 1.29 is 19.1 Å². The summed E-state index contributed by atoms with van der Waals surface area (Å²) >= 11 is 1.55. The zero-order valence-corrected chi connectivity index (χ0v) is 21.0. The maximum absolute atomic E-state index is 14.2. The standard InChI is InChI=1S/C26H30N4O4S/c1-16(31)27-22-20-13-18(34-3)10-11-21(20)29-15-26(2,25(33)28-17-7-4-5-8-17)30(24(32)23(22)29)14-19-9-6-12-35-19/h6,9-13,17H,4-5,7-8,14-15H2,1-3H3,(H,27,31)(H,28,33)/t26-/m1/s1. The van der Waals surface area contributed by atoms with Gasteiger partial charge in [0, 0.05) is 23.2 Å². The number of hydrogen-bond acceptors (Lipinski definition) is 5. The summed E-state index contributed by atoms with van der Waals surface area (Å²) in [6.07, 6.45) is 4.14. The van der Waals surface area contributed by atoms with E-state index in [9.17, 15) is 14.4 Å². The molecule has 3 amide bonds. The van der Waals surface area contributed by atoms with Crippen LogP contribution in [0.25, 0.3) is 10.9 Å². The molecular formula is C26H30N4O4S. The minimum atomic E-state index is -1.10. The van der Waals surface area contributed by atoms with Gasteiger partial charge in [0.2, 0.25) is 11.8 Å². The molecule has 9 heteroatoms. The molecule has 0 radical (unpaired) electrons. The topological polar surface area (TPSA) is 92.7 Å². The van der Waals surface area contributed by atoms with E-state index in [0.29, 0.717) is 29.1 Å². The van der Waals surface area contributed by atoms with Crippen molar-refractivity contribution in [3.8, 4) is 5.75 Å². The molecule has 0 spiro atoms. The van der Waals surface area contributed by atoms with E-state index in [1.807, 2.05) is 47.2 Å². The maximum Gasteiger partial charge on any atom is 0.273 e. The first-order chi connectivity index (χ1) is 16.8. The molecule has 1 aliphatic heterocycles. The second-order valence-corrected chi connectivity index (χ2v) is 10.6. The molecular weight excluding hydrogens is 464 g/mol. The summed E-state index contributed by atoms with van der Waals surface area (Å²) in [5, 5.41) is 8.77. The zero-order chi connectivity index (χ0) is 24.7. The Labute approximate surface area is 208 Å². The smallest absolute Gasteiger partial charge is 0.273 e. The number of aromatic nitrogens is 1. The van der Waals surface area contributed by atoms with Crippen LogP contribution in [0.3, 0.4) is 0 Å². The van der Waals surface area contributed by atoms with Crippen molar-refractivity contribution in [2.24, 2.45) is 0 Å². The van der Waals surface area contributed by atoms with Gasteiger partial charge in [-0.05, 0) is 49.4 Å². The Hall–Kier alpha value is -3.33. The van der Waals surface area contributed by atoms with Gasteiger partial charge in [-0.3, -0.25) is 14.4 Å². The van der Waals surface area contributed by atoms with Crippen molar-refractivity contribution in [3.05, 3.63) is 46.3 Å². The molecule has 2 aromatic heterocycles. The fraction of sp³-hybridized carbons (Fsp3) is 0.423. The Kier molecular flexibility index (Phi) is 6.04. The van der Waals surface area contributed by atoms with E-state index in [0.717, 1.165) is 36.1 Å². The monoisotopic (exact) mass is 494 g/mol. The number of thiophene rings is 1. The molecule has 35 heavy (non-hydrogen) atoms. The number of rotatable bonds is 6. The molecule has 8 nitrogen and oxygen atoms in total. The number of nitrogens with one attached hydrogen (secondary N) is 2. The van der Waals surface area contributed by atoms with Crippen molar-refractivity contribution in [2.75, 3.05) is 12.4 Å². The van der Waals surface area contributed by atoms with Gasteiger partial charge in [0.1, 0.15) is 17.0 Å². The average molecular weight is 495 g/mol. The molecule has 1 atom stereocenters. The van der Waals surface area contributed by atoms with Crippen LogP contribution in [0.1, 0.15) is 54.9 Å². The van der Waals surface area contributed by atoms with Gasteiger partial charge >= 0.3 is 0 Å².